The number of hydrogen-bond acceptors (Lipinski definition) is 5. The number of rotatable bonds is 10. The van der Waals surface area contributed by atoms with Gasteiger partial charge in [0.25, 0.3) is 0 Å². The van der Waals surface area contributed by atoms with Gasteiger partial charge in [0.05, 0.1) is 17.8 Å². The maximum absolute atomic E-state index is 12.9. The van der Waals surface area contributed by atoms with Crippen molar-refractivity contribution in [1.29, 1.82) is 0 Å². The lowest BCUT2D eigenvalue weighted by molar-refractivity contribution is 0.1000. The second-order valence-corrected chi connectivity index (χ2v) is 13.9. The van der Waals surface area contributed by atoms with Gasteiger partial charge in [0, 0.05) is 26.1 Å². The van der Waals surface area contributed by atoms with Gasteiger partial charge in [-0.05, 0) is 5.56 Å². The van der Waals surface area contributed by atoms with Crippen LogP contribution in [-0.2, 0) is 0 Å². The highest BCUT2D eigenvalue weighted by molar-refractivity contribution is 6.52. The average molecular weight is 439 g/mol. The fourth-order valence-corrected chi connectivity index (χ4v) is 3.47. The lowest BCUT2D eigenvalue weighted by Crippen LogP contribution is -2.29. The van der Waals surface area contributed by atoms with Crippen molar-refractivity contribution in [3.05, 3.63) is 71.8 Å². The van der Waals surface area contributed by atoms with Crippen LogP contribution in [0.1, 0.15) is 28.8 Å². The maximum Gasteiger partial charge on any atom is 0.168 e. The number of hydrogen-bond donors (Lipinski definition) is 0. The number of carbonyl (C=O) groups is 1. The van der Waals surface area contributed by atoms with Gasteiger partial charge < -0.3 is 9.35 Å². The van der Waals surface area contributed by atoms with Crippen molar-refractivity contribution in [3.8, 4) is 0 Å². The van der Waals surface area contributed by atoms with Crippen molar-refractivity contribution in [1.82, 2.24) is 9.35 Å². The molecule has 5 nitrogen and oxygen atoms in total. The van der Waals surface area contributed by atoms with Crippen molar-refractivity contribution in [3.63, 3.8) is 0 Å². The standard InChI is InChI=1S/C23H34N4OSi2/c1-26(29(3)4)24-21(18-23(28)20-15-11-8-12-16-20)17-22(25-27(2)30(5)6)19-13-9-7-10-14-19/h7-16,29-30H,17-18H2,1-6H3. The van der Waals surface area contributed by atoms with E-state index in [2.05, 4.69) is 47.7 Å². The summed E-state index contributed by atoms with van der Waals surface area (Å²) in [5, 5.41) is 9.79. The number of Topliss-reactive ketones (excluding diaryl/α,β-unsaturated/α-hetero) is 1. The normalized spacial score (nSPS) is 12.4. The van der Waals surface area contributed by atoms with E-state index < -0.39 is 17.9 Å². The first-order chi connectivity index (χ1) is 14.3. The lowest BCUT2D eigenvalue weighted by Gasteiger charge is -2.22. The molecular formula is C23H34N4OSi2. The van der Waals surface area contributed by atoms with Crippen molar-refractivity contribution in [2.24, 2.45) is 10.2 Å². The molecule has 0 saturated carbocycles. The number of hydrazone groups is 2. The first kappa shape index (κ1) is 23.8. The molecule has 0 saturated heterocycles. The van der Waals surface area contributed by atoms with Gasteiger partial charge in [0.2, 0.25) is 0 Å². The molecule has 30 heavy (non-hydrogen) atoms. The minimum Gasteiger partial charge on any atom is -0.331 e. The van der Waals surface area contributed by atoms with Crippen LogP contribution in [-0.4, -0.2) is 58.6 Å². The number of ketones is 1. The van der Waals surface area contributed by atoms with E-state index in [4.69, 9.17) is 10.2 Å². The molecule has 7 heteroatoms. The highest BCUT2D eigenvalue weighted by Gasteiger charge is 2.17. The molecule has 2 aromatic carbocycles. The Hall–Kier alpha value is -2.52. The van der Waals surface area contributed by atoms with Crippen LogP contribution in [0.3, 0.4) is 0 Å². The average Bonchev–Trinajstić information content (AvgIpc) is 2.74. The van der Waals surface area contributed by atoms with Gasteiger partial charge in [-0.25, -0.2) is 0 Å². The molecule has 2 aromatic rings. The largest absolute Gasteiger partial charge is 0.331 e. The highest BCUT2D eigenvalue weighted by atomic mass is 28.3. The quantitative estimate of drug-likeness (QED) is 0.241. The molecule has 0 aromatic heterocycles. The van der Waals surface area contributed by atoms with Crippen LogP contribution in [0, 0.1) is 0 Å². The molecular weight excluding hydrogens is 404 g/mol. The van der Waals surface area contributed by atoms with Gasteiger partial charge in [-0.3, -0.25) is 4.79 Å². The zero-order chi connectivity index (χ0) is 22.1. The van der Waals surface area contributed by atoms with E-state index in [-0.39, 0.29) is 5.78 Å². The zero-order valence-electron chi connectivity index (χ0n) is 19.0. The van der Waals surface area contributed by atoms with Crippen LogP contribution in [0.15, 0.2) is 70.9 Å². The second kappa shape index (κ2) is 11.6. The molecule has 0 N–H and O–H groups in total. The topological polar surface area (TPSA) is 48.3 Å². The fraction of sp³-hybridized carbons (Fsp3) is 0.348. The van der Waals surface area contributed by atoms with E-state index in [1.54, 1.807) is 0 Å². The Morgan fingerprint density at radius 3 is 1.70 bits per heavy atom. The molecule has 0 aliphatic carbocycles. The maximum atomic E-state index is 12.9. The molecule has 0 unspecified atom stereocenters. The van der Waals surface area contributed by atoms with Gasteiger partial charge in [-0.1, -0.05) is 86.9 Å². The molecule has 0 aliphatic heterocycles. The second-order valence-electron chi connectivity index (χ2n) is 8.06. The van der Waals surface area contributed by atoms with Gasteiger partial charge >= 0.3 is 0 Å². The lowest BCUT2D eigenvalue weighted by atomic mass is 9.99. The molecule has 0 spiro atoms. The number of benzene rings is 2. The Labute approximate surface area is 184 Å². The van der Waals surface area contributed by atoms with Crippen LogP contribution in [0.5, 0.6) is 0 Å². The molecule has 0 radical (unpaired) electrons. The van der Waals surface area contributed by atoms with E-state index in [9.17, 15) is 4.79 Å². The van der Waals surface area contributed by atoms with Crippen LogP contribution < -0.4 is 0 Å². The van der Waals surface area contributed by atoms with E-state index in [0.29, 0.717) is 12.8 Å². The molecule has 0 fully saturated rings. The summed E-state index contributed by atoms with van der Waals surface area (Å²) in [4.78, 5) is 12.9. The Morgan fingerprint density at radius 2 is 1.20 bits per heavy atom. The van der Waals surface area contributed by atoms with E-state index in [1.807, 2.05) is 62.6 Å². The Morgan fingerprint density at radius 1 is 0.733 bits per heavy atom. The van der Waals surface area contributed by atoms with Crippen molar-refractivity contribution < 1.29 is 4.79 Å². The van der Waals surface area contributed by atoms with E-state index in [1.165, 1.54) is 0 Å². The third-order valence-corrected chi connectivity index (χ3v) is 8.23. The van der Waals surface area contributed by atoms with Crippen LogP contribution >= 0.6 is 0 Å². The van der Waals surface area contributed by atoms with Gasteiger partial charge in [0.1, 0.15) is 0 Å². The fourth-order valence-electron chi connectivity index (χ4n) is 2.71. The minimum atomic E-state index is -1.11. The molecule has 160 valence electrons. The summed E-state index contributed by atoms with van der Waals surface area (Å²) in [6.07, 6.45) is 0.851. The predicted octanol–water partition coefficient (Wildman–Crippen LogP) is 4.24. The monoisotopic (exact) mass is 438 g/mol. The predicted molar refractivity (Wildman–Crippen MR) is 134 cm³/mol. The smallest absolute Gasteiger partial charge is 0.168 e. The number of carbonyl (C=O) groups excluding carboxylic acids is 1. The first-order valence-electron chi connectivity index (χ1n) is 10.5. The highest BCUT2D eigenvalue weighted by Crippen LogP contribution is 2.13. The summed E-state index contributed by atoms with van der Waals surface area (Å²) >= 11 is 0. The third-order valence-electron chi connectivity index (χ3n) is 5.01. The van der Waals surface area contributed by atoms with Gasteiger partial charge in [-0.2, -0.15) is 10.2 Å². The van der Waals surface area contributed by atoms with Crippen molar-refractivity contribution in [2.45, 2.75) is 39.0 Å². The summed E-state index contributed by atoms with van der Waals surface area (Å²) in [7, 11) is 1.86. The molecule has 0 aliphatic rings. The molecule has 0 heterocycles. The van der Waals surface area contributed by atoms with Crippen LogP contribution in [0.25, 0.3) is 0 Å². The molecule has 2 rings (SSSR count). The van der Waals surface area contributed by atoms with Crippen molar-refractivity contribution in [2.75, 3.05) is 14.1 Å². The molecule has 0 atom stereocenters. The summed E-state index contributed by atoms with van der Waals surface area (Å²) in [6.45, 7) is 8.95. The molecule has 0 bridgehead atoms. The summed E-state index contributed by atoms with van der Waals surface area (Å²) in [5.74, 6) is 0.0900. The molecule has 0 amide bonds. The Bertz CT molecular complexity index is 867. The van der Waals surface area contributed by atoms with Crippen molar-refractivity contribution >= 4 is 35.1 Å². The SMILES string of the molecule is CN(N=C(CC(=O)c1ccccc1)CC(=NN(C)[SiH](C)C)c1ccccc1)[SiH](C)C. The van der Waals surface area contributed by atoms with Crippen LogP contribution in [0.2, 0.25) is 26.2 Å². The number of nitrogens with zero attached hydrogens (tertiary/aromatic N) is 4. The van der Waals surface area contributed by atoms with E-state index >= 15 is 0 Å². The first-order valence-corrected chi connectivity index (χ1v) is 16.2. The zero-order valence-corrected chi connectivity index (χ0v) is 21.3. The summed E-state index contributed by atoms with van der Waals surface area (Å²) in [6, 6.07) is 19.7. The minimum absolute atomic E-state index is 0.0900. The Balaban J connectivity index is 2.38. The summed E-state index contributed by atoms with van der Waals surface area (Å²) < 4.78 is 4.15. The van der Waals surface area contributed by atoms with E-state index in [0.717, 1.165) is 22.6 Å². The Kier molecular flexibility index (Phi) is 9.20. The summed E-state index contributed by atoms with van der Waals surface area (Å²) in [5.41, 5.74) is 3.61. The van der Waals surface area contributed by atoms with Gasteiger partial charge in [-0.15, -0.1) is 0 Å². The third kappa shape index (κ3) is 7.38. The van der Waals surface area contributed by atoms with Gasteiger partial charge in [0.15, 0.2) is 23.7 Å². The van der Waals surface area contributed by atoms with Crippen LogP contribution in [0.4, 0.5) is 0 Å².